The summed E-state index contributed by atoms with van der Waals surface area (Å²) in [5.41, 5.74) is 2.59. The van der Waals surface area contributed by atoms with Gasteiger partial charge in [0.25, 0.3) is 0 Å². The Kier molecular flexibility index (Phi) is 6.80. The number of nitrogens with zero attached hydrogens (tertiary/aromatic N) is 2. The SMILES string of the molecule is O=C(NCCc1ccccc1)N1CC(N(Cc2ccccc2)C2CCOCC2)C1. The number of benzene rings is 2. The lowest BCUT2D eigenvalue weighted by molar-refractivity contribution is -0.0237. The molecule has 4 rings (SSSR count). The molecule has 0 aromatic heterocycles. The number of likely N-dealkylation sites (tertiary alicyclic amines) is 1. The van der Waals surface area contributed by atoms with Crippen LogP contribution in [0.4, 0.5) is 4.79 Å². The minimum absolute atomic E-state index is 0.0591. The third-order valence-corrected chi connectivity index (χ3v) is 6.02. The van der Waals surface area contributed by atoms with Gasteiger partial charge in [0.05, 0.1) is 0 Å². The van der Waals surface area contributed by atoms with E-state index in [0.717, 1.165) is 52.1 Å². The second-order valence-electron chi connectivity index (χ2n) is 8.03. The van der Waals surface area contributed by atoms with Crippen LogP contribution in [0, 0.1) is 0 Å². The van der Waals surface area contributed by atoms with E-state index in [1.165, 1.54) is 11.1 Å². The molecule has 0 radical (unpaired) electrons. The third-order valence-electron chi connectivity index (χ3n) is 6.02. The lowest BCUT2D eigenvalue weighted by Gasteiger charge is -2.49. The van der Waals surface area contributed by atoms with Crippen LogP contribution in [0.5, 0.6) is 0 Å². The highest BCUT2D eigenvalue weighted by Gasteiger charge is 2.38. The Bertz CT molecular complexity index is 756. The van der Waals surface area contributed by atoms with E-state index in [9.17, 15) is 4.79 Å². The highest BCUT2D eigenvalue weighted by Crippen LogP contribution is 2.25. The fourth-order valence-corrected chi connectivity index (χ4v) is 4.27. The highest BCUT2D eigenvalue weighted by molar-refractivity contribution is 5.75. The molecule has 2 fully saturated rings. The van der Waals surface area contributed by atoms with E-state index in [1.54, 1.807) is 0 Å². The summed E-state index contributed by atoms with van der Waals surface area (Å²) in [5.74, 6) is 0. The summed E-state index contributed by atoms with van der Waals surface area (Å²) in [4.78, 5) is 17.0. The van der Waals surface area contributed by atoms with Gasteiger partial charge in [-0.15, -0.1) is 0 Å². The van der Waals surface area contributed by atoms with Gasteiger partial charge in [-0.2, -0.15) is 0 Å². The molecule has 2 heterocycles. The van der Waals surface area contributed by atoms with Gasteiger partial charge in [0.15, 0.2) is 0 Å². The molecule has 2 aliphatic heterocycles. The van der Waals surface area contributed by atoms with Crippen molar-refractivity contribution in [3.63, 3.8) is 0 Å². The summed E-state index contributed by atoms with van der Waals surface area (Å²) in [6.07, 6.45) is 3.02. The molecule has 2 aromatic carbocycles. The minimum Gasteiger partial charge on any atom is -0.381 e. The van der Waals surface area contributed by atoms with Crippen LogP contribution in [0.1, 0.15) is 24.0 Å². The van der Waals surface area contributed by atoms with Crippen molar-refractivity contribution >= 4 is 6.03 Å². The maximum atomic E-state index is 12.5. The molecular formula is C24H31N3O2. The van der Waals surface area contributed by atoms with Crippen LogP contribution in [0.2, 0.25) is 0 Å². The van der Waals surface area contributed by atoms with Gasteiger partial charge in [0.1, 0.15) is 0 Å². The Balaban J connectivity index is 1.28. The molecule has 29 heavy (non-hydrogen) atoms. The van der Waals surface area contributed by atoms with Crippen LogP contribution in [0.3, 0.4) is 0 Å². The lowest BCUT2D eigenvalue weighted by atomic mass is 9.99. The average Bonchev–Trinajstić information content (AvgIpc) is 2.74. The summed E-state index contributed by atoms with van der Waals surface area (Å²) in [6.45, 7) is 4.92. The largest absolute Gasteiger partial charge is 0.381 e. The fourth-order valence-electron chi connectivity index (χ4n) is 4.27. The molecule has 5 heteroatoms. The van der Waals surface area contributed by atoms with Crippen LogP contribution in [-0.2, 0) is 17.7 Å². The Labute approximate surface area is 173 Å². The molecule has 0 spiro atoms. The first-order valence-corrected chi connectivity index (χ1v) is 10.7. The summed E-state index contributed by atoms with van der Waals surface area (Å²) >= 11 is 0. The summed E-state index contributed by atoms with van der Waals surface area (Å²) in [7, 11) is 0. The van der Waals surface area contributed by atoms with Crippen molar-refractivity contribution in [3.8, 4) is 0 Å². The molecule has 2 saturated heterocycles. The molecule has 0 aliphatic carbocycles. The number of nitrogens with one attached hydrogen (secondary N) is 1. The quantitative estimate of drug-likeness (QED) is 0.785. The number of urea groups is 1. The maximum absolute atomic E-state index is 12.5. The Hall–Kier alpha value is -2.37. The van der Waals surface area contributed by atoms with Gasteiger partial charge in [-0.1, -0.05) is 60.7 Å². The molecule has 2 aliphatic rings. The van der Waals surface area contributed by atoms with Gasteiger partial charge >= 0.3 is 6.03 Å². The predicted molar refractivity (Wildman–Crippen MR) is 115 cm³/mol. The zero-order valence-electron chi connectivity index (χ0n) is 17.0. The fraction of sp³-hybridized carbons (Fsp3) is 0.458. The van der Waals surface area contributed by atoms with Gasteiger partial charge in [-0.05, 0) is 30.4 Å². The number of ether oxygens (including phenoxy) is 1. The van der Waals surface area contributed by atoms with Gasteiger partial charge in [-0.3, -0.25) is 4.90 Å². The third kappa shape index (κ3) is 5.37. The standard InChI is InChI=1S/C24H31N3O2/c28-24(25-14-11-20-7-3-1-4-8-20)26-18-23(19-26)27(22-12-15-29-16-13-22)17-21-9-5-2-6-10-21/h1-10,22-23H,11-19H2,(H,25,28). The van der Waals surface area contributed by atoms with Crippen molar-refractivity contribution in [3.05, 3.63) is 71.8 Å². The van der Waals surface area contributed by atoms with Crippen molar-refractivity contribution in [2.45, 2.75) is 37.9 Å². The molecule has 1 N–H and O–H groups in total. The van der Waals surface area contributed by atoms with E-state index in [2.05, 4.69) is 52.7 Å². The second kappa shape index (κ2) is 9.90. The molecule has 154 valence electrons. The molecule has 0 saturated carbocycles. The van der Waals surface area contributed by atoms with Crippen molar-refractivity contribution in [1.29, 1.82) is 0 Å². The normalized spacial score (nSPS) is 17.9. The summed E-state index contributed by atoms with van der Waals surface area (Å²) in [6, 6.07) is 22.0. The van der Waals surface area contributed by atoms with Crippen LogP contribution in [-0.4, -0.2) is 60.8 Å². The van der Waals surface area contributed by atoms with E-state index in [4.69, 9.17) is 4.74 Å². The zero-order chi connectivity index (χ0) is 19.9. The van der Waals surface area contributed by atoms with E-state index in [1.807, 2.05) is 23.1 Å². The number of hydrogen-bond acceptors (Lipinski definition) is 3. The first kappa shape index (κ1) is 19.9. The summed E-state index contributed by atoms with van der Waals surface area (Å²) < 4.78 is 5.57. The zero-order valence-corrected chi connectivity index (χ0v) is 17.0. The second-order valence-corrected chi connectivity index (χ2v) is 8.03. The van der Waals surface area contributed by atoms with Crippen LogP contribution in [0.25, 0.3) is 0 Å². The van der Waals surface area contributed by atoms with Crippen molar-refractivity contribution in [1.82, 2.24) is 15.1 Å². The predicted octanol–water partition coefficient (Wildman–Crippen LogP) is 3.30. The first-order valence-electron chi connectivity index (χ1n) is 10.7. The Morgan fingerprint density at radius 3 is 2.21 bits per heavy atom. The van der Waals surface area contributed by atoms with E-state index < -0.39 is 0 Å². The molecule has 0 bridgehead atoms. The van der Waals surface area contributed by atoms with E-state index in [-0.39, 0.29) is 6.03 Å². The van der Waals surface area contributed by atoms with E-state index >= 15 is 0 Å². The number of amides is 2. The van der Waals surface area contributed by atoms with Gasteiger partial charge in [0, 0.05) is 51.5 Å². The molecule has 2 amide bonds. The molecule has 0 unspecified atom stereocenters. The topological polar surface area (TPSA) is 44.8 Å². The maximum Gasteiger partial charge on any atom is 0.317 e. The summed E-state index contributed by atoms with van der Waals surface area (Å²) in [5, 5.41) is 3.07. The van der Waals surface area contributed by atoms with Crippen molar-refractivity contribution in [2.75, 3.05) is 32.8 Å². The number of carbonyl (C=O) groups is 1. The minimum atomic E-state index is 0.0591. The lowest BCUT2D eigenvalue weighted by Crippen LogP contribution is -2.64. The number of rotatable bonds is 7. The van der Waals surface area contributed by atoms with E-state index in [0.29, 0.717) is 18.6 Å². The van der Waals surface area contributed by atoms with Gasteiger partial charge in [-0.25, -0.2) is 4.79 Å². The van der Waals surface area contributed by atoms with Crippen LogP contribution < -0.4 is 5.32 Å². The average molecular weight is 394 g/mol. The molecule has 2 aromatic rings. The Morgan fingerprint density at radius 2 is 1.55 bits per heavy atom. The Morgan fingerprint density at radius 1 is 0.931 bits per heavy atom. The van der Waals surface area contributed by atoms with Crippen molar-refractivity contribution < 1.29 is 9.53 Å². The highest BCUT2D eigenvalue weighted by atomic mass is 16.5. The van der Waals surface area contributed by atoms with Gasteiger partial charge in [0.2, 0.25) is 0 Å². The molecular weight excluding hydrogens is 362 g/mol. The van der Waals surface area contributed by atoms with Crippen LogP contribution >= 0.6 is 0 Å². The van der Waals surface area contributed by atoms with Gasteiger partial charge < -0.3 is 15.0 Å². The first-order chi connectivity index (χ1) is 14.3. The monoisotopic (exact) mass is 393 g/mol. The molecule has 0 atom stereocenters. The number of carbonyl (C=O) groups excluding carboxylic acids is 1. The smallest absolute Gasteiger partial charge is 0.317 e. The molecule has 5 nitrogen and oxygen atoms in total. The van der Waals surface area contributed by atoms with Crippen LogP contribution in [0.15, 0.2) is 60.7 Å². The van der Waals surface area contributed by atoms with Crippen molar-refractivity contribution in [2.24, 2.45) is 0 Å². The number of hydrogen-bond donors (Lipinski definition) is 1.